The molecule has 0 aromatic heterocycles. The van der Waals surface area contributed by atoms with Crippen molar-refractivity contribution in [1.29, 1.82) is 5.41 Å². The van der Waals surface area contributed by atoms with Gasteiger partial charge in [-0.25, -0.2) is 4.39 Å². The van der Waals surface area contributed by atoms with E-state index in [1.807, 2.05) is 30.3 Å². The Morgan fingerprint density at radius 1 is 1.00 bits per heavy atom. The highest BCUT2D eigenvalue weighted by Crippen LogP contribution is 2.32. The third kappa shape index (κ3) is 4.20. The number of hydrogen-bond donors (Lipinski definition) is 1. The van der Waals surface area contributed by atoms with Gasteiger partial charge in [-0.2, -0.15) is 15.1 Å². The summed E-state index contributed by atoms with van der Waals surface area (Å²) in [7, 11) is 0. The van der Waals surface area contributed by atoms with Crippen molar-refractivity contribution in [3.05, 3.63) is 107 Å². The largest absolute Gasteiger partial charge is 0.488 e. The summed E-state index contributed by atoms with van der Waals surface area (Å²) in [6.45, 7) is 0.0358. The molecule has 0 bridgehead atoms. The van der Waals surface area contributed by atoms with Crippen molar-refractivity contribution in [1.82, 2.24) is 5.01 Å². The van der Waals surface area contributed by atoms with Crippen molar-refractivity contribution in [2.24, 2.45) is 10.1 Å². The molecule has 0 aliphatic carbocycles. The highest BCUT2D eigenvalue weighted by atomic mass is 32.2. The lowest BCUT2D eigenvalue weighted by Gasteiger charge is -2.20. The molecular formula is C25H17FN4O2S. The van der Waals surface area contributed by atoms with Gasteiger partial charge in [0.2, 0.25) is 5.17 Å². The summed E-state index contributed by atoms with van der Waals surface area (Å²) in [4.78, 5) is 16.9. The number of amides is 1. The third-order valence-corrected chi connectivity index (χ3v) is 5.99. The molecule has 162 valence electrons. The number of hydrogen-bond acceptors (Lipinski definition) is 5. The van der Waals surface area contributed by atoms with Crippen LogP contribution in [0.4, 0.5) is 4.39 Å². The molecule has 0 spiro atoms. The number of rotatable bonds is 5. The van der Waals surface area contributed by atoms with Crippen LogP contribution in [0.3, 0.4) is 0 Å². The zero-order valence-corrected chi connectivity index (χ0v) is 18.1. The summed E-state index contributed by atoms with van der Waals surface area (Å²) in [5.41, 5.74) is 1.99. The Morgan fingerprint density at radius 2 is 1.73 bits per heavy atom. The summed E-state index contributed by atoms with van der Waals surface area (Å²) < 4.78 is 19.8. The molecule has 2 heterocycles. The van der Waals surface area contributed by atoms with Crippen LogP contribution in [0.1, 0.15) is 16.7 Å². The summed E-state index contributed by atoms with van der Waals surface area (Å²) in [6, 6.07) is 23.0. The van der Waals surface area contributed by atoms with E-state index >= 15 is 0 Å². The summed E-state index contributed by atoms with van der Waals surface area (Å²) in [5.74, 6) is -0.467. The number of nitrogens with one attached hydrogen (secondary N) is 1. The van der Waals surface area contributed by atoms with Crippen LogP contribution in [0.2, 0.25) is 0 Å². The lowest BCUT2D eigenvalue weighted by molar-refractivity contribution is -0.114. The molecule has 6 nitrogen and oxygen atoms in total. The van der Waals surface area contributed by atoms with E-state index in [0.717, 1.165) is 5.56 Å². The van der Waals surface area contributed by atoms with Gasteiger partial charge < -0.3 is 4.74 Å². The second kappa shape index (κ2) is 8.84. The zero-order chi connectivity index (χ0) is 22.8. The van der Waals surface area contributed by atoms with Gasteiger partial charge in [-0.05, 0) is 30.0 Å². The molecule has 0 radical (unpaired) electrons. The Bertz CT molecular complexity index is 1350. The number of aliphatic imine (C=N–C) groups is 1. The van der Waals surface area contributed by atoms with Crippen LogP contribution in [-0.4, -0.2) is 27.0 Å². The highest BCUT2D eigenvalue weighted by molar-refractivity contribution is 8.27. The minimum atomic E-state index is -0.521. The van der Waals surface area contributed by atoms with E-state index in [0.29, 0.717) is 27.1 Å². The van der Waals surface area contributed by atoms with E-state index in [4.69, 9.17) is 10.1 Å². The summed E-state index contributed by atoms with van der Waals surface area (Å²) in [6.07, 6.45) is 1.56. The molecule has 2 aliphatic rings. The number of halogens is 1. The van der Waals surface area contributed by atoms with Crippen molar-refractivity contribution in [2.45, 2.75) is 6.61 Å². The number of fused-ring (bicyclic) bond motifs is 1. The fourth-order valence-corrected chi connectivity index (χ4v) is 4.24. The molecule has 1 amide bonds. The molecule has 2 aliphatic heterocycles. The molecule has 1 N–H and O–H groups in total. The van der Waals surface area contributed by atoms with Gasteiger partial charge >= 0.3 is 0 Å². The SMILES string of the molecule is N=C1/C(=C/c2ccccc2OCc2ccccc2F)C(=O)N=C2SC(c3ccccc3)=NN12. The number of thioether (sulfide) groups is 1. The van der Waals surface area contributed by atoms with Gasteiger partial charge in [-0.15, -0.1) is 0 Å². The Labute approximate surface area is 193 Å². The number of carbonyl (C=O) groups excluding carboxylic acids is 1. The lowest BCUT2D eigenvalue weighted by atomic mass is 10.1. The van der Waals surface area contributed by atoms with Gasteiger partial charge in [-0.1, -0.05) is 66.7 Å². The van der Waals surface area contributed by atoms with Crippen molar-refractivity contribution in [2.75, 3.05) is 0 Å². The average molecular weight is 457 g/mol. The van der Waals surface area contributed by atoms with Crippen molar-refractivity contribution >= 4 is 39.8 Å². The first-order valence-electron chi connectivity index (χ1n) is 10.1. The predicted octanol–water partition coefficient (Wildman–Crippen LogP) is 5.07. The Morgan fingerprint density at radius 3 is 2.55 bits per heavy atom. The summed E-state index contributed by atoms with van der Waals surface area (Å²) >= 11 is 1.25. The fraction of sp³-hybridized carbons (Fsp3) is 0.0400. The van der Waals surface area contributed by atoms with Crippen LogP contribution in [0.15, 0.2) is 94.5 Å². The normalized spacial score (nSPS) is 16.5. The first-order chi connectivity index (χ1) is 16.1. The molecule has 3 aromatic carbocycles. The number of benzene rings is 3. The standard InChI is InChI=1S/C25H17FN4O2S/c26-20-12-6-4-11-18(20)15-32-21-13-7-5-10-17(21)14-19-22(27)30-25(28-23(19)31)33-24(29-30)16-8-2-1-3-9-16/h1-14,27H,15H2/b19-14-,27-22?. The van der Waals surface area contributed by atoms with E-state index < -0.39 is 5.91 Å². The Balaban J connectivity index is 1.42. The third-order valence-electron chi connectivity index (χ3n) is 5.04. The van der Waals surface area contributed by atoms with Crippen LogP contribution >= 0.6 is 11.8 Å². The second-order valence-electron chi connectivity index (χ2n) is 7.21. The van der Waals surface area contributed by atoms with Gasteiger partial charge in [-0.3, -0.25) is 10.2 Å². The zero-order valence-electron chi connectivity index (χ0n) is 17.2. The van der Waals surface area contributed by atoms with Crippen LogP contribution in [0.5, 0.6) is 5.75 Å². The van der Waals surface area contributed by atoms with E-state index in [2.05, 4.69) is 10.1 Å². The minimum absolute atomic E-state index is 0.0358. The molecule has 5 rings (SSSR count). The van der Waals surface area contributed by atoms with Gasteiger partial charge in [0, 0.05) is 16.7 Å². The second-order valence-corrected chi connectivity index (χ2v) is 8.17. The quantitative estimate of drug-likeness (QED) is 0.544. The summed E-state index contributed by atoms with van der Waals surface area (Å²) in [5, 5.41) is 15.5. The number of ether oxygens (including phenoxy) is 1. The van der Waals surface area contributed by atoms with Crippen molar-refractivity contribution in [3.8, 4) is 5.75 Å². The lowest BCUT2D eigenvalue weighted by Crippen LogP contribution is -2.35. The van der Waals surface area contributed by atoms with Gasteiger partial charge in [0.25, 0.3) is 5.91 Å². The number of nitrogens with zero attached hydrogens (tertiary/aromatic N) is 3. The Hall–Kier alpha value is -4.04. The Kier molecular flexibility index (Phi) is 5.58. The molecule has 0 unspecified atom stereocenters. The smallest absolute Gasteiger partial charge is 0.283 e. The van der Waals surface area contributed by atoms with E-state index in [9.17, 15) is 9.18 Å². The minimum Gasteiger partial charge on any atom is -0.488 e. The highest BCUT2D eigenvalue weighted by Gasteiger charge is 2.36. The topological polar surface area (TPSA) is 78.1 Å². The number of amidine groups is 2. The molecule has 0 saturated carbocycles. The number of carbonyl (C=O) groups is 1. The van der Waals surface area contributed by atoms with Crippen molar-refractivity contribution in [3.63, 3.8) is 0 Å². The van der Waals surface area contributed by atoms with Crippen LogP contribution in [-0.2, 0) is 11.4 Å². The van der Waals surface area contributed by atoms with Crippen LogP contribution < -0.4 is 4.74 Å². The maximum atomic E-state index is 13.9. The van der Waals surface area contributed by atoms with Gasteiger partial charge in [0.05, 0.1) is 5.57 Å². The van der Waals surface area contributed by atoms with E-state index in [-0.39, 0.29) is 23.8 Å². The van der Waals surface area contributed by atoms with Gasteiger partial charge in [0.1, 0.15) is 23.2 Å². The van der Waals surface area contributed by atoms with Crippen LogP contribution in [0.25, 0.3) is 6.08 Å². The monoisotopic (exact) mass is 456 g/mol. The molecule has 0 saturated heterocycles. The van der Waals surface area contributed by atoms with E-state index in [1.54, 1.807) is 48.5 Å². The molecule has 8 heteroatoms. The maximum Gasteiger partial charge on any atom is 0.283 e. The fourth-order valence-electron chi connectivity index (χ4n) is 3.35. The first kappa shape index (κ1) is 20.8. The predicted molar refractivity (Wildman–Crippen MR) is 128 cm³/mol. The van der Waals surface area contributed by atoms with Crippen molar-refractivity contribution < 1.29 is 13.9 Å². The number of para-hydroxylation sites is 1. The molecular weight excluding hydrogens is 439 g/mol. The van der Waals surface area contributed by atoms with E-state index in [1.165, 1.54) is 22.8 Å². The average Bonchev–Trinajstić information content (AvgIpc) is 3.27. The molecule has 0 atom stereocenters. The molecule has 0 fully saturated rings. The first-order valence-corrected chi connectivity index (χ1v) is 10.9. The number of hydrazone groups is 1. The van der Waals surface area contributed by atoms with Gasteiger partial charge in [0.15, 0.2) is 5.84 Å². The molecule has 3 aromatic rings. The maximum absolute atomic E-state index is 13.9. The molecule has 33 heavy (non-hydrogen) atoms. The van der Waals surface area contributed by atoms with Crippen LogP contribution in [0, 0.1) is 11.2 Å².